The fourth-order valence-corrected chi connectivity index (χ4v) is 2.47. The summed E-state index contributed by atoms with van der Waals surface area (Å²) in [5.41, 5.74) is 3.87. The number of benzene rings is 2. The van der Waals surface area contributed by atoms with Crippen LogP contribution in [0.4, 0.5) is 5.69 Å². The highest BCUT2D eigenvalue weighted by molar-refractivity contribution is 5.91. The third-order valence-corrected chi connectivity index (χ3v) is 3.87. The Morgan fingerprint density at radius 3 is 2.56 bits per heavy atom. The minimum atomic E-state index is -0.0609. The summed E-state index contributed by atoms with van der Waals surface area (Å²) in [4.78, 5) is 16.4. The number of anilines is 1. The zero-order chi connectivity index (χ0) is 18.9. The molecule has 0 aliphatic carbocycles. The Kier molecular flexibility index (Phi) is 5.96. The summed E-state index contributed by atoms with van der Waals surface area (Å²) < 4.78 is 0. The standard InChI is InChI=1S/C23H17N3O/c24-17-20-9-7-18(8-10-20)12-14-23(27)26-22-6-3-4-19(16-22)11-13-21-5-1-2-15-25-21/h1-10,15-16H,12,14H2,(H,26,27). The molecule has 4 nitrogen and oxygen atoms in total. The van der Waals surface area contributed by atoms with Crippen LogP contribution in [0.25, 0.3) is 0 Å². The molecule has 0 saturated heterocycles. The second-order valence-corrected chi connectivity index (χ2v) is 5.90. The van der Waals surface area contributed by atoms with Gasteiger partial charge in [0.1, 0.15) is 5.69 Å². The maximum atomic E-state index is 12.2. The number of amides is 1. The summed E-state index contributed by atoms with van der Waals surface area (Å²) in [7, 11) is 0. The summed E-state index contributed by atoms with van der Waals surface area (Å²) in [6.07, 6.45) is 2.70. The van der Waals surface area contributed by atoms with E-state index in [1.165, 1.54) is 0 Å². The second-order valence-electron chi connectivity index (χ2n) is 5.90. The highest BCUT2D eigenvalue weighted by atomic mass is 16.1. The van der Waals surface area contributed by atoms with Crippen molar-refractivity contribution < 1.29 is 4.79 Å². The zero-order valence-corrected chi connectivity index (χ0v) is 14.6. The van der Waals surface area contributed by atoms with Crippen LogP contribution in [0.2, 0.25) is 0 Å². The molecule has 1 N–H and O–H groups in total. The molecule has 0 atom stereocenters. The molecule has 1 aromatic heterocycles. The van der Waals surface area contributed by atoms with Crippen molar-refractivity contribution in [2.45, 2.75) is 12.8 Å². The normalized spacial score (nSPS) is 9.59. The van der Waals surface area contributed by atoms with Crippen molar-refractivity contribution in [2.24, 2.45) is 0 Å². The van der Waals surface area contributed by atoms with E-state index in [-0.39, 0.29) is 5.91 Å². The van der Waals surface area contributed by atoms with E-state index in [1.807, 2.05) is 54.6 Å². The molecule has 0 bridgehead atoms. The largest absolute Gasteiger partial charge is 0.326 e. The SMILES string of the molecule is N#Cc1ccc(CCC(=O)Nc2cccc(C#Cc3ccccn3)c2)cc1. The topological polar surface area (TPSA) is 65.8 Å². The lowest BCUT2D eigenvalue weighted by Gasteiger charge is -2.06. The molecule has 1 heterocycles. The maximum Gasteiger partial charge on any atom is 0.224 e. The number of hydrogen-bond acceptors (Lipinski definition) is 3. The molecule has 0 saturated carbocycles. The van der Waals surface area contributed by atoms with Gasteiger partial charge >= 0.3 is 0 Å². The van der Waals surface area contributed by atoms with Crippen LogP contribution in [-0.2, 0) is 11.2 Å². The van der Waals surface area contributed by atoms with Crippen LogP contribution in [0.1, 0.15) is 28.8 Å². The van der Waals surface area contributed by atoms with Crippen molar-refractivity contribution in [3.8, 4) is 17.9 Å². The van der Waals surface area contributed by atoms with Gasteiger partial charge in [-0.05, 0) is 60.4 Å². The van der Waals surface area contributed by atoms with Gasteiger partial charge in [-0.25, -0.2) is 4.98 Å². The van der Waals surface area contributed by atoms with Gasteiger partial charge in [-0.2, -0.15) is 5.26 Å². The van der Waals surface area contributed by atoms with E-state index in [0.717, 1.165) is 11.1 Å². The van der Waals surface area contributed by atoms with Crippen LogP contribution in [-0.4, -0.2) is 10.9 Å². The fourth-order valence-electron chi connectivity index (χ4n) is 2.47. The van der Waals surface area contributed by atoms with Crippen molar-refractivity contribution in [3.63, 3.8) is 0 Å². The molecule has 4 heteroatoms. The fraction of sp³-hybridized carbons (Fsp3) is 0.0870. The van der Waals surface area contributed by atoms with Gasteiger partial charge in [0.15, 0.2) is 0 Å². The third kappa shape index (κ3) is 5.56. The predicted octanol–water partition coefficient (Wildman–Crippen LogP) is 3.92. The first-order valence-electron chi connectivity index (χ1n) is 8.55. The highest BCUT2D eigenvalue weighted by Gasteiger charge is 2.04. The third-order valence-electron chi connectivity index (χ3n) is 3.87. The molecule has 3 aromatic rings. The average molecular weight is 351 g/mol. The average Bonchev–Trinajstić information content (AvgIpc) is 2.72. The van der Waals surface area contributed by atoms with Crippen molar-refractivity contribution in [3.05, 3.63) is 95.3 Å². The number of nitrogens with one attached hydrogen (secondary N) is 1. The highest BCUT2D eigenvalue weighted by Crippen LogP contribution is 2.12. The number of rotatable bonds is 4. The lowest BCUT2D eigenvalue weighted by molar-refractivity contribution is -0.116. The van der Waals surface area contributed by atoms with E-state index >= 15 is 0 Å². The van der Waals surface area contributed by atoms with Gasteiger partial charge in [0.2, 0.25) is 5.91 Å². The molecule has 0 aliphatic rings. The number of hydrogen-bond donors (Lipinski definition) is 1. The van der Waals surface area contributed by atoms with Gasteiger partial charge in [-0.1, -0.05) is 30.2 Å². The van der Waals surface area contributed by atoms with Crippen LogP contribution in [0.5, 0.6) is 0 Å². The Labute approximate surface area is 158 Å². The number of nitrogens with zero attached hydrogens (tertiary/aromatic N) is 2. The molecule has 27 heavy (non-hydrogen) atoms. The number of nitriles is 1. The lowest BCUT2D eigenvalue weighted by atomic mass is 10.1. The first-order chi connectivity index (χ1) is 13.2. The van der Waals surface area contributed by atoms with Crippen molar-refractivity contribution in [1.82, 2.24) is 4.98 Å². The van der Waals surface area contributed by atoms with E-state index in [2.05, 4.69) is 28.2 Å². The molecular formula is C23H17N3O. The number of aromatic nitrogens is 1. The van der Waals surface area contributed by atoms with E-state index in [1.54, 1.807) is 18.3 Å². The molecule has 0 radical (unpaired) electrons. The van der Waals surface area contributed by atoms with E-state index in [9.17, 15) is 4.79 Å². The number of carbonyl (C=O) groups is 1. The monoisotopic (exact) mass is 351 g/mol. The van der Waals surface area contributed by atoms with Gasteiger partial charge in [-0.15, -0.1) is 0 Å². The predicted molar refractivity (Wildman–Crippen MR) is 105 cm³/mol. The molecule has 130 valence electrons. The van der Waals surface area contributed by atoms with Gasteiger partial charge < -0.3 is 5.32 Å². The summed E-state index contributed by atoms with van der Waals surface area (Å²) in [6.45, 7) is 0. The van der Waals surface area contributed by atoms with Gasteiger partial charge in [-0.3, -0.25) is 4.79 Å². The molecule has 3 rings (SSSR count). The molecular weight excluding hydrogens is 334 g/mol. The van der Waals surface area contributed by atoms with Crippen LogP contribution in [0, 0.1) is 23.2 Å². The van der Waals surface area contributed by atoms with Crippen molar-refractivity contribution >= 4 is 11.6 Å². The van der Waals surface area contributed by atoms with E-state index in [0.29, 0.717) is 29.8 Å². The minimum absolute atomic E-state index is 0.0609. The summed E-state index contributed by atoms with van der Waals surface area (Å²) in [6, 6.07) is 22.4. The number of carbonyl (C=O) groups excluding carboxylic acids is 1. The Morgan fingerprint density at radius 2 is 1.81 bits per heavy atom. The molecule has 2 aromatic carbocycles. The Bertz CT molecular complexity index is 1020. The Balaban J connectivity index is 1.58. The van der Waals surface area contributed by atoms with Gasteiger partial charge in [0, 0.05) is 23.9 Å². The van der Waals surface area contributed by atoms with Crippen molar-refractivity contribution in [1.29, 1.82) is 5.26 Å². The summed E-state index contributed by atoms with van der Waals surface area (Å²) >= 11 is 0. The van der Waals surface area contributed by atoms with Gasteiger partial charge in [0.05, 0.1) is 11.6 Å². The molecule has 0 spiro atoms. The van der Waals surface area contributed by atoms with Crippen LogP contribution < -0.4 is 5.32 Å². The molecule has 0 fully saturated rings. The smallest absolute Gasteiger partial charge is 0.224 e. The number of aryl methyl sites for hydroxylation is 1. The van der Waals surface area contributed by atoms with Crippen LogP contribution in [0.3, 0.4) is 0 Å². The Morgan fingerprint density at radius 1 is 0.963 bits per heavy atom. The number of pyridine rings is 1. The van der Waals surface area contributed by atoms with Crippen LogP contribution >= 0.6 is 0 Å². The first kappa shape index (κ1) is 17.9. The Hall–Kier alpha value is -3.89. The quantitative estimate of drug-likeness (QED) is 0.725. The van der Waals surface area contributed by atoms with Gasteiger partial charge in [0.25, 0.3) is 0 Å². The summed E-state index contributed by atoms with van der Waals surface area (Å²) in [5, 5.41) is 11.7. The van der Waals surface area contributed by atoms with Crippen LogP contribution in [0.15, 0.2) is 72.9 Å². The van der Waals surface area contributed by atoms with E-state index in [4.69, 9.17) is 5.26 Å². The summed E-state index contributed by atoms with van der Waals surface area (Å²) in [5.74, 6) is 5.99. The van der Waals surface area contributed by atoms with E-state index < -0.39 is 0 Å². The maximum absolute atomic E-state index is 12.2. The second kappa shape index (κ2) is 8.99. The molecule has 1 amide bonds. The molecule has 0 unspecified atom stereocenters. The first-order valence-corrected chi connectivity index (χ1v) is 8.55. The lowest BCUT2D eigenvalue weighted by Crippen LogP contribution is -2.12. The minimum Gasteiger partial charge on any atom is -0.326 e. The zero-order valence-electron chi connectivity index (χ0n) is 14.6. The molecule has 0 aliphatic heterocycles. The van der Waals surface area contributed by atoms with Crippen molar-refractivity contribution in [2.75, 3.05) is 5.32 Å².